The third-order valence-electron chi connectivity index (χ3n) is 9.46. The summed E-state index contributed by atoms with van der Waals surface area (Å²) in [5.41, 5.74) is -0.192. The molecular weight excluding hydrogens is 631 g/mol. The highest BCUT2D eigenvalue weighted by Crippen LogP contribution is 2.53. The van der Waals surface area contributed by atoms with Gasteiger partial charge in [-0.2, -0.15) is 10.1 Å². The number of H-pyrrole nitrogens is 1. The van der Waals surface area contributed by atoms with Gasteiger partial charge in [0.25, 0.3) is 5.91 Å². The Labute approximate surface area is 259 Å². The Morgan fingerprint density at radius 3 is 2.67 bits per heavy atom. The van der Waals surface area contributed by atoms with Crippen LogP contribution < -0.4 is 15.5 Å². The average molecular weight is 664 g/mol. The molecule has 1 aliphatic carbocycles. The summed E-state index contributed by atoms with van der Waals surface area (Å²) in [6.45, 7) is 0.251. The molecule has 0 bridgehead atoms. The van der Waals surface area contributed by atoms with E-state index in [9.17, 15) is 37.5 Å². The third-order valence-corrected chi connectivity index (χ3v) is 11.5. The first-order valence-corrected chi connectivity index (χ1v) is 17.4. The van der Waals surface area contributed by atoms with Crippen molar-refractivity contribution in [2.45, 2.75) is 68.4 Å². The van der Waals surface area contributed by atoms with Crippen LogP contribution in [-0.4, -0.2) is 91.0 Å². The molecule has 13 nitrogen and oxygen atoms in total. The lowest BCUT2D eigenvalue weighted by Gasteiger charge is -2.35. The van der Waals surface area contributed by atoms with E-state index in [4.69, 9.17) is 0 Å². The van der Waals surface area contributed by atoms with Gasteiger partial charge in [0.05, 0.1) is 17.5 Å². The van der Waals surface area contributed by atoms with Crippen LogP contribution in [0.1, 0.15) is 53.3 Å². The van der Waals surface area contributed by atoms with Crippen molar-refractivity contribution < 1.29 is 37.5 Å². The van der Waals surface area contributed by atoms with Crippen molar-refractivity contribution in [2.24, 2.45) is 11.8 Å². The maximum atomic E-state index is 14.9. The third kappa shape index (κ3) is 5.84. The first-order chi connectivity index (χ1) is 21.5. The number of nitrogens with zero attached hydrogens (tertiary/aromatic N) is 4. The Bertz CT molecular complexity index is 1690. The molecule has 5 N–H and O–H groups in total. The van der Waals surface area contributed by atoms with Crippen molar-refractivity contribution in [1.29, 1.82) is 0 Å². The summed E-state index contributed by atoms with van der Waals surface area (Å²) >= 11 is 1.12. The molecule has 3 aliphatic heterocycles. The van der Waals surface area contributed by atoms with Crippen molar-refractivity contribution in [3.05, 3.63) is 41.0 Å². The lowest BCUT2D eigenvalue weighted by Crippen LogP contribution is -2.58. The number of carbonyl (C=O) groups excluding carboxylic acids is 3. The van der Waals surface area contributed by atoms with E-state index in [0.29, 0.717) is 47.1 Å². The molecule has 0 spiro atoms. The number of aromatic amines is 1. The lowest BCUT2D eigenvalue weighted by atomic mass is 9.99. The van der Waals surface area contributed by atoms with Gasteiger partial charge in [0.1, 0.15) is 24.6 Å². The summed E-state index contributed by atoms with van der Waals surface area (Å²) in [6.07, 6.45) is 3.26. The van der Waals surface area contributed by atoms with Gasteiger partial charge in [-0.3, -0.25) is 18.9 Å². The van der Waals surface area contributed by atoms with E-state index < -0.39 is 49.6 Å². The fourth-order valence-corrected chi connectivity index (χ4v) is 8.59. The monoisotopic (exact) mass is 663 g/mol. The lowest BCUT2D eigenvalue weighted by molar-refractivity contribution is -0.143. The Balaban J connectivity index is 1.06. The molecular formula is C28H32F2N7O6PS. The largest absolute Gasteiger partial charge is 0.363 e. The zero-order valence-corrected chi connectivity index (χ0v) is 25.6. The molecule has 1 unspecified atom stereocenters. The minimum atomic E-state index is -5.00. The van der Waals surface area contributed by atoms with E-state index in [0.717, 1.165) is 24.2 Å². The van der Waals surface area contributed by atoms with E-state index in [1.807, 2.05) is 0 Å². The van der Waals surface area contributed by atoms with Crippen molar-refractivity contribution in [3.8, 4) is 0 Å². The van der Waals surface area contributed by atoms with Gasteiger partial charge in [0.2, 0.25) is 23.7 Å². The van der Waals surface area contributed by atoms with Crippen LogP contribution >= 0.6 is 18.9 Å². The molecule has 4 aliphatic rings. The van der Waals surface area contributed by atoms with Crippen LogP contribution in [0, 0.1) is 11.8 Å². The van der Waals surface area contributed by atoms with Gasteiger partial charge in [-0.05, 0) is 73.1 Å². The highest BCUT2D eigenvalue weighted by molar-refractivity contribution is 7.51. The highest BCUT2D eigenvalue weighted by Gasteiger charge is 2.52. The fourth-order valence-electron chi connectivity index (χ4n) is 7.10. The molecule has 3 amide bonds. The Morgan fingerprint density at radius 1 is 1.11 bits per heavy atom. The number of amides is 3. The van der Waals surface area contributed by atoms with Crippen LogP contribution in [-0.2, 0) is 14.2 Å². The molecule has 45 heavy (non-hydrogen) atoms. The van der Waals surface area contributed by atoms with E-state index in [-0.39, 0.29) is 35.5 Å². The van der Waals surface area contributed by atoms with Gasteiger partial charge >= 0.3 is 7.60 Å². The number of aromatic nitrogens is 3. The molecule has 4 fully saturated rings. The van der Waals surface area contributed by atoms with Crippen LogP contribution in [0.3, 0.4) is 0 Å². The molecule has 5 heterocycles. The molecule has 240 valence electrons. The summed E-state index contributed by atoms with van der Waals surface area (Å²) in [5.74, 6) is -2.63. The van der Waals surface area contributed by atoms with E-state index >= 15 is 0 Å². The highest BCUT2D eigenvalue weighted by atomic mass is 32.1. The smallest absolute Gasteiger partial charge is 0.347 e. The quantitative estimate of drug-likeness (QED) is 0.237. The number of hydrogen-bond acceptors (Lipinski definition) is 8. The van der Waals surface area contributed by atoms with E-state index in [1.165, 1.54) is 30.6 Å². The van der Waals surface area contributed by atoms with Gasteiger partial charge in [-0.15, -0.1) is 11.3 Å². The number of nitrogens with one attached hydrogen (secondary N) is 3. The van der Waals surface area contributed by atoms with Gasteiger partial charge in [0.15, 0.2) is 0 Å². The van der Waals surface area contributed by atoms with Crippen LogP contribution in [0.25, 0.3) is 10.1 Å². The Hall–Kier alpha value is -3.46. The number of anilines is 1. The molecule has 1 aromatic carbocycles. The molecule has 7 rings (SSSR count). The first-order valence-electron chi connectivity index (χ1n) is 14.9. The zero-order valence-electron chi connectivity index (χ0n) is 23.9. The summed E-state index contributed by atoms with van der Waals surface area (Å²) < 4.78 is 41.2. The molecule has 0 radical (unpaired) electrons. The second kappa shape index (κ2) is 11.4. The van der Waals surface area contributed by atoms with E-state index in [2.05, 4.69) is 25.8 Å². The van der Waals surface area contributed by atoms with E-state index in [1.54, 1.807) is 9.80 Å². The van der Waals surface area contributed by atoms with Gasteiger partial charge < -0.3 is 30.2 Å². The van der Waals surface area contributed by atoms with Crippen LogP contribution in [0.5, 0.6) is 0 Å². The minimum absolute atomic E-state index is 0.0460. The maximum Gasteiger partial charge on any atom is 0.363 e. The molecule has 17 heteroatoms. The summed E-state index contributed by atoms with van der Waals surface area (Å²) in [5, 5.41) is 12.6. The summed E-state index contributed by atoms with van der Waals surface area (Å²) in [4.78, 5) is 67.0. The minimum Gasteiger partial charge on any atom is -0.347 e. The van der Waals surface area contributed by atoms with Gasteiger partial charge in [-0.1, -0.05) is 6.07 Å². The number of hydrogen-bond donors (Lipinski definition) is 5. The number of thiophene rings is 1. The standard InChI is InChI=1S/C28H32F2N7O6PS/c29-18-10-36(28-31-12-32-35-28)11-20(18)34-25(38)21-3-2-17-7-14-6-15(14)8-19(27(40)37(17)21)33-26(39)23-9-16-5-13(1-4-22(16)45-23)24(30)44(41,42)43/h1,4-5,9,12,14-15,17-21,24H,2-3,6-8,10-11H2,(H,33,39)(H,34,38)(H,31,32,35)(H2,41,42,43)/t14-,15+,17-,18+,19+,20+,21+,24?/m1/s1. The van der Waals surface area contributed by atoms with Crippen LogP contribution in [0.15, 0.2) is 30.6 Å². The molecule has 3 saturated heterocycles. The van der Waals surface area contributed by atoms with Crippen molar-refractivity contribution >= 4 is 52.7 Å². The summed E-state index contributed by atoms with van der Waals surface area (Å²) in [6, 6.07) is 3.00. The average Bonchev–Trinajstić information content (AvgIpc) is 3.52. The van der Waals surface area contributed by atoms with Gasteiger partial charge in [-0.25, -0.2) is 13.9 Å². The Morgan fingerprint density at radius 2 is 1.91 bits per heavy atom. The number of benzene rings is 1. The van der Waals surface area contributed by atoms with Gasteiger partial charge in [0, 0.05) is 17.3 Å². The topological polar surface area (TPSA) is 181 Å². The number of rotatable bonds is 7. The number of halogens is 2. The number of fused-ring (bicyclic) bond motifs is 3. The fraction of sp³-hybridized carbons (Fsp3) is 0.536. The van der Waals surface area contributed by atoms with Crippen LogP contribution in [0.4, 0.5) is 14.7 Å². The molecule has 1 saturated carbocycles. The number of carbonyl (C=O) groups is 3. The SMILES string of the molecule is O=C(N[C@H]1C[C@@H]2C[C@@H]2C[C@H]2CC[C@@H](C(=O)N[C@H]3CN(c4ncn[nH]4)C[C@@H]3F)N2C1=O)c1cc2cc(C(F)P(=O)(O)O)ccc2s1. The first kappa shape index (κ1) is 30.2. The Kier molecular flexibility index (Phi) is 7.66. The van der Waals surface area contributed by atoms with Crippen molar-refractivity contribution in [3.63, 3.8) is 0 Å². The van der Waals surface area contributed by atoms with Crippen molar-refractivity contribution in [2.75, 3.05) is 18.0 Å². The predicted octanol–water partition coefficient (Wildman–Crippen LogP) is 2.40. The second-order valence-electron chi connectivity index (χ2n) is 12.4. The second-order valence-corrected chi connectivity index (χ2v) is 15.1. The normalized spacial score (nSPS) is 30.4. The molecule has 2 aromatic heterocycles. The number of alkyl halides is 2. The van der Waals surface area contributed by atoms with Crippen LogP contribution in [0.2, 0.25) is 0 Å². The maximum absolute atomic E-state index is 14.9. The zero-order chi connectivity index (χ0) is 31.6. The molecule has 3 aromatic rings. The predicted molar refractivity (Wildman–Crippen MR) is 159 cm³/mol. The molecule has 8 atom stereocenters. The van der Waals surface area contributed by atoms with Crippen molar-refractivity contribution in [1.82, 2.24) is 30.7 Å². The summed E-state index contributed by atoms with van der Waals surface area (Å²) in [7, 11) is -5.00.